The number of aromatic nitrogens is 1. The summed E-state index contributed by atoms with van der Waals surface area (Å²) in [7, 11) is 0. The van der Waals surface area contributed by atoms with Crippen LogP contribution in [0.15, 0.2) is 54.2 Å². The molecule has 2 heterocycles. The fraction of sp³-hybridized carbons (Fsp3) is 0.167. The Hall–Kier alpha value is -2.73. The van der Waals surface area contributed by atoms with E-state index in [0.717, 1.165) is 0 Å². The summed E-state index contributed by atoms with van der Waals surface area (Å²) in [4.78, 5) is 27.6. The first-order valence-electron chi connectivity index (χ1n) is 7.64. The molecule has 0 saturated carbocycles. The average Bonchev–Trinajstić information content (AvgIpc) is 3.02. The van der Waals surface area contributed by atoms with Gasteiger partial charge < -0.3 is 10.6 Å². The molecule has 0 aliphatic heterocycles. The second-order valence-corrected chi connectivity index (χ2v) is 6.23. The summed E-state index contributed by atoms with van der Waals surface area (Å²) < 4.78 is 1.23. The highest BCUT2D eigenvalue weighted by Gasteiger charge is 2.08. The molecule has 0 aliphatic rings. The van der Waals surface area contributed by atoms with Crippen molar-refractivity contribution in [1.29, 1.82) is 0 Å². The van der Waals surface area contributed by atoms with Crippen LogP contribution in [0.25, 0.3) is 10.1 Å². The standard InChI is InChI=1S/C18H17N3O2S/c22-17(20-11-18(23)21-14-4-3-9-19-10-14)8-7-13-12-24-16-6-2-1-5-15(13)16/h1-6,9-10,12H,7-8,11H2,(H,20,22)(H,21,23). The highest BCUT2D eigenvalue weighted by Crippen LogP contribution is 2.26. The smallest absolute Gasteiger partial charge is 0.243 e. The van der Waals surface area contributed by atoms with E-state index in [1.165, 1.54) is 15.6 Å². The molecule has 5 nitrogen and oxygen atoms in total. The zero-order valence-electron chi connectivity index (χ0n) is 13.0. The topological polar surface area (TPSA) is 71.1 Å². The fourth-order valence-electron chi connectivity index (χ4n) is 2.38. The molecule has 2 amide bonds. The van der Waals surface area contributed by atoms with Gasteiger partial charge in [-0.15, -0.1) is 11.3 Å². The van der Waals surface area contributed by atoms with Gasteiger partial charge in [0.25, 0.3) is 0 Å². The molecule has 0 unspecified atom stereocenters. The minimum Gasteiger partial charge on any atom is -0.347 e. The summed E-state index contributed by atoms with van der Waals surface area (Å²) in [5, 5.41) is 8.61. The van der Waals surface area contributed by atoms with Crippen LogP contribution in [-0.4, -0.2) is 23.3 Å². The van der Waals surface area contributed by atoms with Crippen LogP contribution in [0.5, 0.6) is 0 Å². The molecule has 3 rings (SSSR count). The molecule has 0 radical (unpaired) electrons. The van der Waals surface area contributed by atoms with E-state index in [-0.39, 0.29) is 18.4 Å². The van der Waals surface area contributed by atoms with Gasteiger partial charge in [0.15, 0.2) is 0 Å². The Kier molecular flexibility index (Phi) is 5.18. The lowest BCUT2D eigenvalue weighted by atomic mass is 10.1. The highest BCUT2D eigenvalue weighted by molar-refractivity contribution is 7.17. The molecule has 2 aromatic heterocycles. The van der Waals surface area contributed by atoms with E-state index < -0.39 is 0 Å². The molecule has 2 N–H and O–H groups in total. The molecule has 6 heteroatoms. The van der Waals surface area contributed by atoms with E-state index in [9.17, 15) is 9.59 Å². The fourth-order valence-corrected chi connectivity index (χ4v) is 3.38. The number of aryl methyl sites for hydroxylation is 1. The summed E-state index contributed by atoms with van der Waals surface area (Å²) in [6, 6.07) is 11.6. The minimum atomic E-state index is -0.266. The predicted octanol–water partition coefficient (Wildman–Crippen LogP) is 2.98. The quantitative estimate of drug-likeness (QED) is 0.725. The Balaban J connectivity index is 1.45. The number of hydrogen-bond acceptors (Lipinski definition) is 4. The van der Waals surface area contributed by atoms with Crippen LogP contribution >= 0.6 is 11.3 Å². The van der Waals surface area contributed by atoms with Crippen molar-refractivity contribution in [1.82, 2.24) is 10.3 Å². The Morgan fingerprint density at radius 2 is 1.96 bits per heavy atom. The number of nitrogens with one attached hydrogen (secondary N) is 2. The SMILES string of the molecule is O=C(CCc1csc2ccccc12)NCC(=O)Nc1cccnc1. The van der Waals surface area contributed by atoms with Gasteiger partial charge in [0.05, 0.1) is 18.4 Å². The molecular formula is C18H17N3O2S. The Bertz CT molecular complexity index is 846. The molecular weight excluding hydrogens is 322 g/mol. The molecule has 1 aromatic carbocycles. The number of anilines is 1. The van der Waals surface area contributed by atoms with E-state index in [0.29, 0.717) is 18.5 Å². The Morgan fingerprint density at radius 1 is 1.08 bits per heavy atom. The Morgan fingerprint density at radius 3 is 2.79 bits per heavy atom. The molecule has 0 saturated heterocycles. The number of rotatable bonds is 6. The van der Waals surface area contributed by atoms with Gasteiger partial charge in [-0.3, -0.25) is 14.6 Å². The summed E-state index contributed by atoms with van der Waals surface area (Å²) in [6.07, 6.45) is 4.22. The highest BCUT2D eigenvalue weighted by atomic mass is 32.1. The summed E-state index contributed by atoms with van der Waals surface area (Å²) in [5.41, 5.74) is 1.78. The van der Waals surface area contributed by atoms with Crippen LogP contribution < -0.4 is 10.6 Å². The minimum absolute atomic E-state index is 0.0435. The third-order valence-corrected chi connectivity index (χ3v) is 4.59. The maximum atomic E-state index is 11.9. The van der Waals surface area contributed by atoms with E-state index >= 15 is 0 Å². The molecule has 3 aromatic rings. The maximum Gasteiger partial charge on any atom is 0.243 e. The van der Waals surface area contributed by atoms with Crippen LogP contribution in [-0.2, 0) is 16.0 Å². The van der Waals surface area contributed by atoms with E-state index in [1.807, 2.05) is 12.1 Å². The first kappa shape index (κ1) is 16.1. The zero-order chi connectivity index (χ0) is 16.8. The van der Waals surface area contributed by atoms with Crippen LogP contribution in [0.3, 0.4) is 0 Å². The van der Waals surface area contributed by atoms with Crippen molar-refractivity contribution in [2.24, 2.45) is 0 Å². The summed E-state index contributed by atoms with van der Waals surface area (Å²) >= 11 is 1.68. The van der Waals surface area contributed by atoms with Crippen molar-refractivity contribution >= 4 is 38.9 Å². The van der Waals surface area contributed by atoms with Gasteiger partial charge in [-0.05, 0) is 40.9 Å². The number of hydrogen-bond donors (Lipinski definition) is 2. The number of nitrogens with zero attached hydrogens (tertiary/aromatic N) is 1. The van der Waals surface area contributed by atoms with E-state index in [4.69, 9.17) is 0 Å². The Labute approximate surface area is 143 Å². The van der Waals surface area contributed by atoms with Crippen molar-refractivity contribution < 1.29 is 9.59 Å². The van der Waals surface area contributed by atoms with Crippen molar-refractivity contribution in [3.63, 3.8) is 0 Å². The maximum absolute atomic E-state index is 11.9. The average molecular weight is 339 g/mol. The second kappa shape index (κ2) is 7.70. The van der Waals surface area contributed by atoms with Gasteiger partial charge in [0, 0.05) is 17.3 Å². The molecule has 0 spiro atoms. The number of benzene rings is 1. The molecule has 0 fully saturated rings. The lowest BCUT2D eigenvalue weighted by molar-refractivity contribution is -0.124. The van der Waals surface area contributed by atoms with Crippen LogP contribution in [0.1, 0.15) is 12.0 Å². The first-order chi connectivity index (χ1) is 11.7. The lowest BCUT2D eigenvalue weighted by Crippen LogP contribution is -2.32. The summed E-state index contributed by atoms with van der Waals surface area (Å²) in [6.45, 7) is -0.0435. The van der Waals surface area contributed by atoms with Crippen LogP contribution in [0.2, 0.25) is 0 Å². The first-order valence-corrected chi connectivity index (χ1v) is 8.52. The van der Waals surface area contributed by atoms with Gasteiger partial charge in [0.2, 0.25) is 11.8 Å². The summed E-state index contributed by atoms with van der Waals surface area (Å²) in [5.74, 6) is -0.399. The van der Waals surface area contributed by atoms with Gasteiger partial charge in [0.1, 0.15) is 0 Å². The largest absolute Gasteiger partial charge is 0.347 e. The van der Waals surface area contributed by atoms with Crippen molar-refractivity contribution in [3.8, 4) is 0 Å². The van der Waals surface area contributed by atoms with Crippen LogP contribution in [0, 0.1) is 0 Å². The van der Waals surface area contributed by atoms with Crippen LogP contribution in [0.4, 0.5) is 5.69 Å². The third-order valence-electron chi connectivity index (χ3n) is 3.57. The molecule has 24 heavy (non-hydrogen) atoms. The molecule has 0 bridgehead atoms. The van der Waals surface area contributed by atoms with Gasteiger partial charge in [-0.2, -0.15) is 0 Å². The number of fused-ring (bicyclic) bond motifs is 1. The predicted molar refractivity (Wildman–Crippen MR) is 96.0 cm³/mol. The lowest BCUT2D eigenvalue weighted by Gasteiger charge is -2.06. The normalized spacial score (nSPS) is 10.5. The van der Waals surface area contributed by atoms with Gasteiger partial charge in [-0.25, -0.2) is 0 Å². The van der Waals surface area contributed by atoms with Gasteiger partial charge >= 0.3 is 0 Å². The monoisotopic (exact) mass is 339 g/mol. The molecule has 122 valence electrons. The number of thiophene rings is 1. The number of amides is 2. The zero-order valence-corrected chi connectivity index (χ0v) is 13.8. The number of carbonyl (C=O) groups is 2. The number of carbonyl (C=O) groups excluding carboxylic acids is 2. The number of pyridine rings is 1. The van der Waals surface area contributed by atoms with E-state index in [2.05, 4.69) is 33.1 Å². The second-order valence-electron chi connectivity index (χ2n) is 5.32. The van der Waals surface area contributed by atoms with Crippen molar-refractivity contribution in [3.05, 3.63) is 59.7 Å². The van der Waals surface area contributed by atoms with E-state index in [1.54, 1.807) is 35.9 Å². The molecule has 0 aliphatic carbocycles. The molecule has 0 atom stereocenters. The van der Waals surface area contributed by atoms with Gasteiger partial charge in [-0.1, -0.05) is 18.2 Å². The van der Waals surface area contributed by atoms with Crippen molar-refractivity contribution in [2.45, 2.75) is 12.8 Å². The van der Waals surface area contributed by atoms with Crippen molar-refractivity contribution in [2.75, 3.05) is 11.9 Å². The third kappa shape index (κ3) is 4.17.